The van der Waals surface area contributed by atoms with Gasteiger partial charge in [-0.15, -0.1) is 0 Å². The summed E-state index contributed by atoms with van der Waals surface area (Å²) in [5.74, 6) is 1.43. The fraction of sp³-hybridized carbons (Fsp3) is 0.929. The summed E-state index contributed by atoms with van der Waals surface area (Å²) in [6, 6.07) is 0. The van der Waals surface area contributed by atoms with Gasteiger partial charge in [-0.1, -0.05) is 6.92 Å². The van der Waals surface area contributed by atoms with Crippen LogP contribution in [0.5, 0.6) is 0 Å². The molecule has 2 saturated heterocycles. The third-order valence-corrected chi connectivity index (χ3v) is 3.98. The van der Waals surface area contributed by atoms with Crippen LogP contribution in [-0.2, 0) is 4.74 Å². The molecule has 2 atom stereocenters. The summed E-state index contributed by atoms with van der Waals surface area (Å²) in [5.41, 5.74) is -0.390. The Hall–Kier alpha value is -0.770. The minimum absolute atomic E-state index is 0.143. The van der Waals surface area contributed by atoms with Gasteiger partial charge in [-0.05, 0) is 45.6 Å². The van der Waals surface area contributed by atoms with E-state index in [1.165, 1.54) is 6.54 Å². The van der Waals surface area contributed by atoms with Crippen molar-refractivity contribution >= 4 is 6.09 Å². The van der Waals surface area contributed by atoms with Crippen LogP contribution in [0, 0.1) is 11.8 Å². The van der Waals surface area contributed by atoms with E-state index in [2.05, 4.69) is 11.8 Å². The van der Waals surface area contributed by atoms with E-state index in [9.17, 15) is 4.79 Å². The van der Waals surface area contributed by atoms with E-state index < -0.39 is 0 Å². The lowest BCUT2D eigenvalue weighted by atomic mass is 9.89. The van der Waals surface area contributed by atoms with Gasteiger partial charge in [-0.25, -0.2) is 4.79 Å². The lowest BCUT2D eigenvalue weighted by Gasteiger charge is -2.35. The number of carbonyl (C=O) groups excluding carboxylic acids is 1. The van der Waals surface area contributed by atoms with Crippen molar-refractivity contribution in [1.29, 1.82) is 0 Å². The van der Waals surface area contributed by atoms with Gasteiger partial charge in [0, 0.05) is 26.2 Å². The highest BCUT2D eigenvalue weighted by atomic mass is 16.6. The van der Waals surface area contributed by atoms with Crippen LogP contribution in [0.25, 0.3) is 0 Å². The molecule has 0 saturated carbocycles. The smallest absolute Gasteiger partial charge is 0.410 e. The molecule has 0 aliphatic carbocycles. The Morgan fingerprint density at radius 3 is 2.50 bits per heavy atom. The minimum atomic E-state index is -0.390. The Labute approximate surface area is 110 Å². The lowest BCUT2D eigenvalue weighted by molar-refractivity contribution is 0.0139. The summed E-state index contributed by atoms with van der Waals surface area (Å²) >= 11 is 0. The number of hydrogen-bond donors (Lipinski definition) is 0. The molecule has 2 unspecified atom stereocenters. The van der Waals surface area contributed by atoms with Gasteiger partial charge in [0.15, 0.2) is 0 Å². The summed E-state index contributed by atoms with van der Waals surface area (Å²) in [5, 5.41) is 0. The van der Waals surface area contributed by atoms with Crippen molar-refractivity contribution in [2.24, 2.45) is 11.8 Å². The van der Waals surface area contributed by atoms with Crippen molar-refractivity contribution in [1.82, 2.24) is 9.80 Å². The summed E-state index contributed by atoms with van der Waals surface area (Å²) in [7, 11) is 0. The number of nitrogens with zero attached hydrogens (tertiary/aromatic N) is 2. The van der Waals surface area contributed by atoms with Crippen LogP contribution in [-0.4, -0.2) is 54.2 Å². The fourth-order valence-electron chi connectivity index (χ4n) is 3.02. The Morgan fingerprint density at radius 2 is 1.89 bits per heavy atom. The molecule has 0 radical (unpaired) electrons. The largest absolute Gasteiger partial charge is 0.444 e. The van der Waals surface area contributed by atoms with E-state index in [1.807, 2.05) is 25.7 Å². The maximum absolute atomic E-state index is 12.0. The molecular formula is C14H26N2O2. The summed E-state index contributed by atoms with van der Waals surface area (Å²) in [4.78, 5) is 16.4. The van der Waals surface area contributed by atoms with E-state index in [0.717, 1.165) is 38.5 Å². The molecule has 0 aromatic rings. The molecule has 0 bridgehead atoms. The molecule has 2 fully saturated rings. The number of carbonyl (C=O) groups is 1. The molecule has 2 aliphatic heterocycles. The van der Waals surface area contributed by atoms with E-state index in [1.54, 1.807) is 0 Å². The Kier molecular flexibility index (Phi) is 3.85. The molecule has 2 aliphatic rings. The Morgan fingerprint density at radius 1 is 1.22 bits per heavy atom. The van der Waals surface area contributed by atoms with Crippen LogP contribution in [0.4, 0.5) is 4.79 Å². The number of likely N-dealkylation sites (tertiary alicyclic amines) is 2. The fourth-order valence-corrected chi connectivity index (χ4v) is 3.02. The quantitative estimate of drug-likeness (QED) is 0.719. The van der Waals surface area contributed by atoms with Gasteiger partial charge in [0.25, 0.3) is 0 Å². The van der Waals surface area contributed by atoms with Gasteiger partial charge in [0.1, 0.15) is 5.60 Å². The number of ether oxygens (including phenoxy) is 1. The first kappa shape index (κ1) is 13.7. The van der Waals surface area contributed by atoms with E-state index >= 15 is 0 Å². The van der Waals surface area contributed by atoms with Gasteiger partial charge >= 0.3 is 6.09 Å². The molecule has 4 heteroatoms. The molecule has 0 spiro atoms. The number of rotatable bonds is 1. The molecular weight excluding hydrogens is 228 g/mol. The van der Waals surface area contributed by atoms with Crippen LogP contribution < -0.4 is 0 Å². The first-order chi connectivity index (χ1) is 8.39. The zero-order chi connectivity index (χ0) is 13.3. The third kappa shape index (κ3) is 3.16. The van der Waals surface area contributed by atoms with Gasteiger partial charge in [-0.2, -0.15) is 0 Å². The minimum Gasteiger partial charge on any atom is -0.444 e. The highest BCUT2D eigenvalue weighted by Gasteiger charge is 2.38. The molecule has 4 nitrogen and oxygen atoms in total. The second-order valence-corrected chi connectivity index (χ2v) is 6.59. The monoisotopic (exact) mass is 254 g/mol. The van der Waals surface area contributed by atoms with Crippen molar-refractivity contribution in [2.75, 3.05) is 32.7 Å². The number of amides is 1. The van der Waals surface area contributed by atoms with Crippen LogP contribution in [0.3, 0.4) is 0 Å². The standard InChI is InChI=1S/C14H26N2O2/c1-5-15-8-11-6-7-16(10-12(11)9-15)13(17)18-14(2,3)4/h11-12H,5-10H2,1-4H3. The van der Waals surface area contributed by atoms with Crippen LogP contribution in [0.15, 0.2) is 0 Å². The van der Waals surface area contributed by atoms with E-state index in [0.29, 0.717) is 5.92 Å². The zero-order valence-corrected chi connectivity index (χ0v) is 12.1. The number of piperidine rings is 1. The van der Waals surface area contributed by atoms with Crippen molar-refractivity contribution < 1.29 is 9.53 Å². The predicted molar refractivity (Wildman–Crippen MR) is 71.5 cm³/mol. The predicted octanol–water partition coefficient (Wildman–Crippen LogP) is 2.20. The second kappa shape index (κ2) is 5.08. The molecule has 18 heavy (non-hydrogen) atoms. The number of fused-ring (bicyclic) bond motifs is 1. The van der Waals surface area contributed by atoms with Crippen LogP contribution >= 0.6 is 0 Å². The van der Waals surface area contributed by atoms with Crippen molar-refractivity contribution in [3.63, 3.8) is 0 Å². The molecule has 104 valence electrons. The summed E-state index contributed by atoms with van der Waals surface area (Å²) < 4.78 is 5.45. The van der Waals surface area contributed by atoms with Gasteiger partial charge in [0.05, 0.1) is 0 Å². The third-order valence-electron chi connectivity index (χ3n) is 3.98. The van der Waals surface area contributed by atoms with E-state index in [-0.39, 0.29) is 11.7 Å². The topological polar surface area (TPSA) is 32.8 Å². The SMILES string of the molecule is CCN1CC2CCN(C(=O)OC(C)(C)C)CC2C1. The van der Waals surface area contributed by atoms with Gasteiger partial charge < -0.3 is 14.5 Å². The van der Waals surface area contributed by atoms with Crippen molar-refractivity contribution in [3.05, 3.63) is 0 Å². The average Bonchev–Trinajstić information content (AvgIpc) is 2.68. The van der Waals surface area contributed by atoms with Crippen LogP contribution in [0.1, 0.15) is 34.1 Å². The molecule has 2 heterocycles. The average molecular weight is 254 g/mol. The molecule has 2 rings (SSSR count). The van der Waals surface area contributed by atoms with Crippen molar-refractivity contribution in [3.8, 4) is 0 Å². The first-order valence-corrected chi connectivity index (χ1v) is 7.09. The van der Waals surface area contributed by atoms with Gasteiger partial charge in [-0.3, -0.25) is 0 Å². The highest BCUT2D eigenvalue weighted by molar-refractivity contribution is 5.68. The first-order valence-electron chi connectivity index (χ1n) is 7.09. The Bertz CT molecular complexity index is 311. The van der Waals surface area contributed by atoms with Gasteiger partial charge in [0.2, 0.25) is 0 Å². The zero-order valence-electron chi connectivity index (χ0n) is 12.1. The normalized spacial score (nSPS) is 29.2. The molecule has 0 N–H and O–H groups in total. The maximum atomic E-state index is 12.0. The summed E-state index contributed by atoms with van der Waals surface area (Å²) in [6.45, 7) is 13.2. The lowest BCUT2D eigenvalue weighted by Crippen LogP contribution is -2.45. The number of hydrogen-bond acceptors (Lipinski definition) is 3. The molecule has 0 aromatic carbocycles. The molecule has 0 aromatic heterocycles. The van der Waals surface area contributed by atoms with Crippen LogP contribution in [0.2, 0.25) is 0 Å². The molecule has 1 amide bonds. The highest BCUT2D eigenvalue weighted by Crippen LogP contribution is 2.31. The second-order valence-electron chi connectivity index (χ2n) is 6.59. The van der Waals surface area contributed by atoms with Crippen molar-refractivity contribution in [2.45, 2.75) is 39.7 Å². The maximum Gasteiger partial charge on any atom is 0.410 e. The van der Waals surface area contributed by atoms with E-state index in [4.69, 9.17) is 4.74 Å². The summed E-state index contributed by atoms with van der Waals surface area (Å²) in [6.07, 6.45) is 0.983. The Balaban J connectivity index is 1.89.